The van der Waals surface area contributed by atoms with Crippen molar-refractivity contribution in [1.29, 1.82) is 0 Å². The first-order valence-corrected chi connectivity index (χ1v) is 2.25. The first-order valence-electron chi connectivity index (χ1n) is 0.752. The maximum Gasteiger partial charge on any atom is 0.330 e. The molecule has 3 N–H and O–H groups in total. The van der Waals surface area contributed by atoms with Crippen LogP contribution in [0.5, 0.6) is 0 Å². The second-order valence-corrected chi connectivity index (χ2v) is 1.54. The van der Waals surface area contributed by atoms with Gasteiger partial charge in [-0.1, -0.05) is 0 Å². The Morgan fingerprint density at radius 3 is 1.25 bits per heavy atom. The van der Waals surface area contributed by atoms with Crippen molar-refractivity contribution in [2.45, 2.75) is 0 Å². The number of rotatable bonds is 0. The van der Waals surface area contributed by atoms with Gasteiger partial charge >= 0.3 is 10.3 Å². The Labute approximate surface area is 57.0 Å². The van der Waals surface area contributed by atoms with Crippen LogP contribution in [0.15, 0.2) is 0 Å². The quantitative estimate of drug-likeness (QED) is 0.350. The van der Waals surface area contributed by atoms with E-state index in [4.69, 9.17) is 13.0 Å². The minimum absolute atomic E-state index is 0. The van der Waals surface area contributed by atoms with Crippen LogP contribution in [0.4, 0.5) is 0 Å². The van der Waals surface area contributed by atoms with E-state index in [-0.39, 0.29) is 28.0 Å². The van der Waals surface area contributed by atoms with E-state index in [0.717, 1.165) is 0 Å². The molecule has 0 aromatic rings. The van der Waals surface area contributed by atoms with Crippen LogP contribution in [0.1, 0.15) is 0 Å². The smallest absolute Gasteiger partial charge is 0.330 e. The fourth-order valence-electron chi connectivity index (χ4n) is 0. The summed E-state index contributed by atoms with van der Waals surface area (Å²) in [6.07, 6.45) is 0. The Morgan fingerprint density at radius 1 is 1.25 bits per heavy atom. The van der Waals surface area contributed by atoms with Crippen molar-refractivity contribution < 1.29 is 41.0 Å². The SMILES string of the molecule is NS(=O)(=O)O.[Mn].[O-2].[O-2]. The summed E-state index contributed by atoms with van der Waals surface area (Å²) >= 11 is 0. The van der Waals surface area contributed by atoms with Crippen LogP contribution in [0.2, 0.25) is 0 Å². The van der Waals surface area contributed by atoms with E-state index in [0.29, 0.717) is 0 Å². The van der Waals surface area contributed by atoms with E-state index in [1.165, 1.54) is 0 Å². The summed E-state index contributed by atoms with van der Waals surface area (Å²) in [7, 11) is -4.17. The molecule has 6 nitrogen and oxygen atoms in total. The maximum absolute atomic E-state index is 8.97. The van der Waals surface area contributed by atoms with Gasteiger partial charge in [-0.2, -0.15) is 8.42 Å². The zero-order chi connectivity index (χ0) is 4.50. The number of nitrogens with two attached hydrogens (primary N) is 1. The van der Waals surface area contributed by atoms with Crippen LogP contribution >= 0.6 is 0 Å². The number of hydrogen-bond donors (Lipinski definition) is 2. The van der Waals surface area contributed by atoms with Crippen LogP contribution in [-0.2, 0) is 38.3 Å². The van der Waals surface area contributed by atoms with Crippen molar-refractivity contribution in [1.82, 2.24) is 0 Å². The topological polar surface area (TPSA) is 137 Å². The third kappa shape index (κ3) is 1860. The predicted octanol–water partition coefficient (Wildman–Crippen LogP) is -1.49. The van der Waals surface area contributed by atoms with Crippen molar-refractivity contribution in [3.05, 3.63) is 0 Å². The summed E-state index contributed by atoms with van der Waals surface area (Å²) < 4.78 is 25.2. The first kappa shape index (κ1) is 23.9. The Kier molecular flexibility index (Phi) is 21.8. The predicted molar refractivity (Wildman–Crippen MR) is 17.1 cm³/mol. The third-order valence-electron chi connectivity index (χ3n) is 0. The molecule has 0 saturated carbocycles. The normalized spacial score (nSPS) is 7.25. The molecule has 0 spiro atoms. The van der Waals surface area contributed by atoms with Gasteiger partial charge in [0.1, 0.15) is 0 Å². The Balaban J connectivity index is -0.0000000267. The molecule has 0 aliphatic heterocycles. The maximum atomic E-state index is 8.97. The second kappa shape index (κ2) is 7.31. The summed E-state index contributed by atoms with van der Waals surface area (Å²) in [6.45, 7) is 0. The largest absolute Gasteiger partial charge is 2.00 e. The molecule has 0 rings (SSSR count). The molecule has 0 saturated heterocycles. The van der Waals surface area contributed by atoms with Crippen LogP contribution in [0.25, 0.3) is 0 Å². The van der Waals surface area contributed by atoms with Gasteiger partial charge in [0.25, 0.3) is 0 Å². The van der Waals surface area contributed by atoms with Gasteiger partial charge in [0.2, 0.25) is 0 Å². The minimum atomic E-state index is -4.17. The summed E-state index contributed by atoms with van der Waals surface area (Å²) in [5.74, 6) is 0. The van der Waals surface area contributed by atoms with Gasteiger partial charge in [-0.15, -0.1) is 0 Å². The molecule has 55 valence electrons. The van der Waals surface area contributed by atoms with Gasteiger partial charge in [0.05, 0.1) is 0 Å². The molecule has 8 heteroatoms. The van der Waals surface area contributed by atoms with Crippen molar-refractivity contribution >= 4 is 10.3 Å². The fraction of sp³-hybridized carbons (Fsp3) is 0. The van der Waals surface area contributed by atoms with Gasteiger partial charge in [-0.25, -0.2) is 5.14 Å². The van der Waals surface area contributed by atoms with E-state index in [1.807, 2.05) is 0 Å². The second-order valence-electron chi connectivity index (χ2n) is 0.515. The molecular weight excluding hydrogens is 181 g/mol. The molecule has 0 fully saturated rings. The molecule has 0 bridgehead atoms. The summed E-state index contributed by atoms with van der Waals surface area (Å²) in [6, 6.07) is 0. The van der Waals surface area contributed by atoms with Gasteiger partial charge in [0, 0.05) is 17.1 Å². The van der Waals surface area contributed by atoms with Crippen molar-refractivity contribution in [2.24, 2.45) is 5.14 Å². The monoisotopic (exact) mass is 184 g/mol. The molecule has 0 aliphatic carbocycles. The zero-order valence-electron chi connectivity index (χ0n) is 3.44. The number of hydrogen-bond acceptors (Lipinski definition) is 2. The Morgan fingerprint density at radius 2 is 1.25 bits per heavy atom. The average Bonchev–Trinajstić information content (AvgIpc) is 0.722. The van der Waals surface area contributed by atoms with Crippen LogP contribution in [0.3, 0.4) is 0 Å². The molecule has 1 radical (unpaired) electrons. The summed E-state index contributed by atoms with van der Waals surface area (Å²) in [4.78, 5) is 0. The standard InChI is InChI=1S/Mn.H3NO3S.2O/c;1-5(2,3)4;;/h;(H3,1,2,3,4);;/q;;2*-2. The van der Waals surface area contributed by atoms with E-state index >= 15 is 0 Å². The van der Waals surface area contributed by atoms with E-state index < -0.39 is 10.3 Å². The minimum Gasteiger partial charge on any atom is -2.00 e. The molecule has 0 aliphatic rings. The van der Waals surface area contributed by atoms with E-state index in [9.17, 15) is 0 Å². The van der Waals surface area contributed by atoms with E-state index in [1.54, 1.807) is 0 Å². The first-order chi connectivity index (χ1) is 2.00. The molecule has 8 heavy (non-hydrogen) atoms. The molecule has 0 amide bonds. The van der Waals surface area contributed by atoms with Crippen molar-refractivity contribution in [2.75, 3.05) is 0 Å². The van der Waals surface area contributed by atoms with Crippen LogP contribution < -0.4 is 5.14 Å². The van der Waals surface area contributed by atoms with Gasteiger partial charge in [-0.3, -0.25) is 4.55 Å². The zero-order valence-corrected chi connectivity index (χ0v) is 5.44. The molecule has 0 heterocycles. The molecule has 0 aromatic carbocycles. The van der Waals surface area contributed by atoms with Crippen molar-refractivity contribution in [3.8, 4) is 0 Å². The Bertz CT molecular complexity index is 95.6. The third-order valence-corrected chi connectivity index (χ3v) is 0. The summed E-state index contributed by atoms with van der Waals surface area (Å²) in [5, 5.41) is 3.88. The summed E-state index contributed by atoms with van der Waals surface area (Å²) in [5.41, 5.74) is 0. The van der Waals surface area contributed by atoms with Crippen molar-refractivity contribution in [3.63, 3.8) is 0 Å². The Hall–Kier alpha value is 0.309. The molecule has 0 atom stereocenters. The van der Waals surface area contributed by atoms with Gasteiger partial charge in [0.15, 0.2) is 0 Å². The fourth-order valence-corrected chi connectivity index (χ4v) is 0. The van der Waals surface area contributed by atoms with Crippen LogP contribution in [-0.4, -0.2) is 13.0 Å². The van der Waals surface area contributed by atoms with Crippen LogP contribution in [0, 0.1) is 0 Å². The molecule has 0 aromatic heterocycles. The molecule has 0 unspecified atom stereocenters. The average molecular weight is 184 g/mol. The molecular formula is H3MnNO5S-4. The van der Waals surface area contributed by atoms with Gasteiger partial charge < -0.3 is 11.0 Å². The van der Waals surface area contributed by atoms with Gasteiger partial charge in [-0.05, 0) is 0 Å². The van der Waals surface area contributed by atoms with E-state index in [2.05, 4.69) is 5.14 Å².